The highest BCUT2D eigenvalue weighted by Gasteiger charge is 2.46. The number of nitrogens with two attached hydrogens (primary N) is 2. The number of rotatable bonds is 9. The van der Waals surface area contributed by atoms with Gasteiger partial charge in [-0.3, -0.25) is 14.6 Å². The largest absolute Gasteiger partial charge is 0.489 e. The number of benzene rings is 3. The molecule has 1 aliphatic heterocycles. The lowest BCUT2D eigenvalue weighted by atomic mass is 9.80. The average molecular weight is 664 g/mol. The van der Waals surface area contributed by atoms with E-state index in [4.69, 9.17) is 27.8 Å². The van der Waals surface area contributed by atoms with Gasteiger partial charge in [0.15, 0.2) is 0 Å². The molecule has 0 bridgehead atoms. The summed E-state index contributed by atoms with van der Waals surface area (Å²) in [5.41, 5.74) is 7.98. The Balaban J connectivity index is 1.46. The Morgan fingerprint density at radius 3 is 2.53 bits per heavy atom. The van der Waals surface area contributed by atoms with Gasteiger partial charge in [0.2, 0.25) is 5.91 Å². The number of nitrogens with one attached hydrogen (secondary N) is 1. The molecule has 0 saturated heterocycles. The van der Waals surface area contributed by atoms with Crippen molar-refractivity contribution in [2.45, 2.75) is 36.8 Å². The number of anilines is 1. The number of carbonyl (C=O) groups is 2. The van der Waals surface area contributed by atoms with E-state index in [2.05, 4.69) is 15.3 Å². The van der Waals surface area contributed by atoms with Crippen molar-refractivity contribution in [3.8, 4) is 17.0 Å². The summed E-state index contributed by atoms with van der Waals surface area (Å²) in [6, 6.07) is 13.7. The number of amides is 2. The number of nitrogen functional groups attached to an aromatic ring is 1. The number of pyridine rings is 1. The first-order valence-corrected chi connectivity index (χ1v) is 15.0. The topological polar surface area (TPSA) is 153 Å². The minimum Gasteiger partial charge on any atom is -0.489 e. The molecule has 0 unspecified atom stereocenters. The van der Waals surface area contributed by atoms with E-state index < -0.39 is 51.8 Å². The third-order valence-corrected chi connectivity index (χ3v) is 8.75. The normalized spacial score (nSPS) is 18.4. The molecule has 0 spiro atoms. The molecule has 2 amide bonds. The molecule has 3 aromatic carbocycles. The highest BCUT2D eigenvalue weighted by molar-refractivity contribution is 6.31. The molecule has 2 atom stereocenters. The molecular weight excluding hydrogens is 635 g/mol. The molecule has 1 aromatic heterocycles. The average Bonchev–Trinajstić information content (AvgIpc) is 3.82. The highest BCUT2D eigenvalue weighted by atomic mass is 35.5. The van der Waals surface area contributed by atoms with Crippen molar-refractivity contribution in [3.05, 3.63) is 111 Å². The number of nitrogens with zero attached hydrogens (tertiary/aromatic N) is 2. The summed E-state index contributed by atoms with van der Waals surface area (Å²) in [6.07, 6.45) is 3.27. The monoisotopic (exact) mass is 663 g/mol. The molecule has 4 aromatic rings. The van der Waals surface area contributed by atoms with Gasteiger partial charge in [-0.25, -0.2) is 18.2 Å². The number of aromatic nitrogens is 1. The van der Waals surface area contributed by atoms with E-state index in [1.165, 1.54) is 25.3 Å². The minimum atomic E-state index is -2.12. The number of hydrogen-bond acceptors (Lipinski definition) is 7. The molecule has 9 nitrogen and oxygen atoms in total. The zero-order chi connectivity index (χ0) is 33.7. The fraction of sp³-hybridized carbons (Fsp3) is 0.235. The lowest BCUT2D eigenvalue weighted by Gasteiger charge is -2.30. The Hall–Kier alpha value is -4.94. The second-order valence-electron chi connectivity index (χ2n) is 11.8. The molecule has 6 N–H and O–H groups in total. The number of hydrogen-bond donors (Lipinski definition) is 4. The van der Waals surface area contributed by atoms with Crippen molar-refractivity contribution in [2.24, 2.45) is 10.7 Å². The quantitative estimate of drug-likeness (QED) is 0.115. The standard InChI is InChI=1S/C34H29ClF3N5O4/c1-33(32(40)45)16-47-30-22(33)12-27(43-29(30)21-11-23(35)25(37)13-24(21)36)34(46,19-5-3-2-4-6-19)15-42-31(44)17-9-18(14-41-20-7-8-20)28(39)26(38)10-17/h2-6,9-14,20,46H,7-8,15-16,39H2,1H3,(H2,40,45)(H,42,44)/t33-,34+/m0/s1. The Kier molecular flexibility index (Phi) is 8.18. The SMILES string of the molecule is C[C@]1(C(N)=O)COc2c1cc([C@@](O)(CNC(=O)c1cc(F)c(N)c(C=NC3CC3)c1)c1ccccc1)nc2-c1cc(Cl)c(F)cc1F. The van der Waals surface area contributed by atoms with Gasteiger partial charge in [-0.05, 0) is 49.6 Å². The van der Waals surface area contributed by atoms with Crippen molar-refractivity contribution < 1.29 is 32.6 Å². The maximum atomic E-state index is 15.3. The van der Waals surface area contributed by atoms with Crippen LogP contribution in [0.25, 0.3) is 11.3 Å². The summed E-state index contributed by atoms with van der Waals surface area (Å²) in [4.78, 5) is 35.0. The minimum absolute atomic E-state index is 0.00573. The summed E-state index contributed by atoms with van der Waals surface area (Å²) in [6.45, 7) is 0.785. The van der Waals surface area contributed by atoms with Crippen LogP contribution in [0.4, 0.5) is 18.9 Å². The van der Waals surface area contributed by atoms with Crippen molar-refractivity contribution in [1.29, 1.82) is 0 Å². The van der Waals surface area contributed by atoms with Gasteiger partial charge in [-0.1, -0.05) is 41.9 Å². The van der Waals surface area contributed by atoms with Crippen LogP contribution in [0.5, 0.6) is 5.75 Å². The lowest BCUT2D eigenvalue weighted by molar-refractivity contribution is -0.123. The van der Waals surface area contributed by atoms with E-state index in [-0.39, 0.29) is 63.3 Å². The van der Waals surface area contributed by atoms with Crippen molar-refractivity contribution >= 4 is 35.3 Å². The van der Waals surface area contributed by atoms with Crippen LogP contribution in [0.1, 0.15) is 52.5 Å². The van der Waals surface area contributed by atoms with Crippen LogP contribution in [0.3, 0.4) is 0 Å². The van der Waals surface area contributed by atoms with Gasteiger partial charge in [-0.2, -0.15) is 0 Å². The van der Waals surface area contributed by atoms with Gasteiger partial charge in [0, 0.05) is 34.5 Å². The van der Waals surface area contributed by atoms with Gasteiger partial charge in [0.25, 0.3) is 5.91 Å². The van der Waals surface area contributed by atoms with Crippen LogP contribution in [-0.2, 0) is 15.8 Å². The zero-order valence-electron chi connectivity index (χ0n) is 25.0. The van der Waals surface area contributed by atoms with Gasteiger partial charge in [0.05, 0.1) is 29.0 Å². The van der Waals surface area contributed by atoms with E-state index in [0.29, 0.717) is 6.07 Å². The summed E-state index contributed by atoms with van der Waals surface area (Å²) < 4.78 is 50.0. The second kappa shape index (κ2) is 12.0. The summed E-state index contributed by atoms with van der Waals surface area (Å²) in [5, 5.41) is 14.6. The fourth-order valence-corrected chi connectivity index (χ4v) is 5.50. The Labute approximate surface area is 272 Å². The summed E-state index contributed by atoms with van der Waals surface area (Å²) >= 11 is 6.01. The molecular formula is C34H29ClF3N5O4. The maximum Gasteiger partial charge on any atom is 0.251 e. The number of halogens is 4. The van der Waals surface area contributed by atoms with E-state index in [1.807, 2.05) is 0 Å². The smallest absolute Gasteiger partial charge is 0.251 e. The van der Waals surface area contributed by atoms with Crippen LogP contribution in [0.15, 0.2) is 65.7 Å². The zero-order valence-corrected chi connectivity index (χ0v) is 25.7. The number of aliphatic imine (C=N–C) groups is 1. The van der Waals surface area contributed by atoms with Crippen molar-refractivity contribution in [3.63, 3.8) is 0 Å². The molecule has 242 valence electrons. The molecule has 1 fully saturated rings. The van der Waals surface area contributed by atoms with Crippen LogP contribution < -0.4 is 21.5 Å². The molecule has 2 aliphatic rings. The van der Waals surface area contributed by atoms with Gasteiger partial charge >= 0.3 is 0 Å². The van der Waals surface area contributed by atoms with Crippen LogP contribution in [-0.4, -0.2) is 47.3 Å². The second-order valence-corrected chi connectivity index (χ2v) is 12.3. The number of fused-ring (bicyclic) bond motifs is 1. The maximum absolute atomic E-state index is 15.3. The number of ether oxygens (including phenoxy) is 1. The fourth-order valence-electron chi connectivity index (χ4n) is 5.34. The molecule has 13 heteroatoms. The number of carbonyl (C=O) groups excluding carboxylic acids is 2. The first kappa shape index (κ1) is 32.0. The predicted octanol–water partition coefficient (Wildman–Crippen LogP) is 4.78. The Bertz CT molecular complexity index is 1960. The molecule has 1 aliphatic carbocycles. The summed E-state index contributed by atoms with van der Waals surface area (Å²) in [7, 11) is 0. The lowest BCUT2D eigenvalue weighted by Crippen LogP contribution is -2.43. The third kappa shape index (κ3) is 5.90. The van der Waals surface area contributed by atoms with E-state index in [0.717, 1.165) is 25.0 Å². The molecule has 2 heterocycles. The van der Waals surface area contributed by atoms with Crippen LogP contribution in [0, 0.1) is 17.5 Å². The van der Waals surface area contributed by atoms with E-state index in [1.54, 1.807) is 30.3 Å². The molecule has 1 saturated carbocycles. The van der Waals surface area contributed by atoms with E-state index >= 15 is 4.39 Å². The number of primary amides is 1. The van der Waals surface area contributed by atoms with Crippen LogP contribution >= 0.6 is 11.6 Å². The first-order valence-electron chi connectivity index (χ1n) is 14.6. The van der Waals surface area contributed by atoms with Gasteiger partial charge < -0.3 is 26.6 Å². The Morgan fingerprint density at radius 1 is 1.13 bits per heavy atom. The highest BCUT2D eigenvalue weighted by Crippen LogP contribution is 2.47. The van der Waals surface area contributed by atoms with Crippen molar-refractivity contribution in [2.75, 3.05) is 18.9 Å². The summed E-state index contributed by atoms with van der Waals surface area (Å²) in [5.74, 6) is -4.37. The molecule has 47 heavy (non-hydrogen) atoms. The van der Waals surface area contributed by atoms with Crippen molar-refractivity contribution in [1.82, 2.24) is 10.3 Å². The van der Waals surface area contributed by atoms with Gasteiger partial charge in [0.1, 0.15) is 46.5 Å². The first-order chi connectivity index (χ1) is 22.3. The molecule has 0 radical (unpaired) electrons. The Morgan fingerprint density at radius 2 is 1.85 bits per heavy atom. The van der Waals surface area contributed by atoms with E-state index in [9.17, 15) is 23.5 Å². The number of aliphatic hydroxyl groups is 1. The van der Waals surface area contributed by atoms with Gasteiger partial charge in [-0.15, -0.1) is 0 Å². The molecule has 6 rings (SSSR count). The van der Waals surface area contributed by atoms with Crippen LogP contribution in [0.2, 0.25) is 5.02 Å². The predicted molar refractivity (Wildman–Crippen MR) is 170 cm³/mol. The third-order valence-electron chi connectivity index (χ3n) is 8.46.